The first-order valence-corrected chi connectivity index (χ1v) is 5.62. The molecule has 2 heteroatoms. The molecule has 1 fully saturated rings. The van der Waals surface area contributed by atoms with Crippen LogP contribution in [0.25, 0.3) is 0 Å². The van der Waals surface area contributed by atoms with Crippen molar-refractivity contribution in [3.63, 3.8) is 0 Å². The summed E-state index contributed by atoms with van der Waals surface area (Å²) in [4.78, 5) is 11.0. The summed E-state index contributed by atoms with van der Waals surface area (Å²) in [6.45, 7) is 0. The molecule has 84 valence electrons. The van der Waals surface area contributed by atoms with Crippen LogP contribution in [-0.4, -0.2) is 12.4 Å². The molecule has 2 nitrogen and oxygen atoms in total. The van der Waals surface area contributed by atoms with Crippen LogP contribution >= 0.6 is 0 Å². The van der Waals surface area contributed by atoms with Crippen LogP contribution in [0.3, 0.4) is 0 Å². The molecule has 1 atom stereocenters. The maximum atomic E-state index is 11.0. The molecule has 3 rings (SSSR count). The quantitative estimate of drug-likeness (QED) is 0.592. The standard InChI is InChI=1S/C15H12O2/c16-11-14-15(17-14,12-7-3-1-4-8-12)13-9-5-2-6-10-13/h1-11,14H/t14-/m0/s1. The average Bonchev–Trinajstić information content (AvgIpc) is 3.17. The van der Waals surface area contributed by atoms with E-state index >= 15 is 0 Å². The summed E-state index contributed by atoms with van der Waals surface area (Å²) in [6, 6.07) is 19.8. The van der Waals surface area contributed by atoms with E-state index in [-0.39, 0.29) is 6.10 Å². The third-order valence-corrected chi connectivity index (χ3v) is 3.19. The fourth-order valence-electron chi connectivity index (χ4n) is 2.29. The van der Waals surface area contributed by atoms with Crippen LogP contribution in [0.15, 0.2) is 60.7 Å². The van der Waals surface area contributed by atoms with Crippen molar-refractivity contribution in [3.8, 4) is 0 Å². The lowest BCUT2D eigenvalue weighted by Gasteiger charge is -2.12. The average molecular weight is 224 g/mol. The predicted molar refractivity (Wildman–Crippen MR) is 64.6 cm³/mol. The maximum Gasteiger partial charge on any atom is 0.152 e. The fourth-order valence-corrected chi connectivity index (χ4v) is 2.29. The van der Waals surface area contributed by atoms with Crippen LogP contribution in [0.2, 0.25) is 0 Å². The zero-order valence-electron chi connectivity index (χ0n) is 9.24. The Morgan fingerprint density at radius 1 is 0.882 bits per heavy atom. The SMILES string of the molecule is O=C[C@@H]1OC1(c1ccccc1)c1ccccc1. The molecule has 0 radical (unpaired) electrons. The van der Waals surface area contributed by atoms with Gasteiger partial charge in [0.25, 0.3) is 0 Å². The highest BCUT2D eigenvalue weighted by molar-refractivity contribution is 5.67. The summed E-state index contributed by atoms with van der Waals surface area (Å²) in [5, 5.41) is 0. The van der Waals surface area contributed by atoms with Crippen molar-refractivity contribution in [2.24, 2.45) is 0 Å². The van der Waals surface area contributed by atoms with Crippen molar-refractivity contribution in [3.05, 3.63) is 71.8 Å². The van der Waals surface area contributed by atoms with Gasteiger partial charge < -0.3 is 9.53 Å². The number of carbonyl (C=O) groups is 1. The molecule has 1 saturated heterocycles. The summed E-state index contributed by atoms with van der Waals surface area (Å²) in [5.41, 5.74) is 1.50. The molecule has 0 spiro atoms. The van der Waals surface area contributed by atoms with Crippen molar-refractivity contribution < 1.29 is 9.53 Å². The van der Waals surface area contributed by atoms with Gasteiger partial charge in [-0.3, -0.25) is 0 Å². The van der Waals surface area contributed by atoms with Gasteiger partial charge in [-0.15, -0.1) is 0 Å². The Kier molecular flexibility index (Phi) is 2.30. The van der Waals surface area contributed by atoms with Gasteiger partial charge in [0.15, 0.2) is 18.0 Å². The van der Waals surface area contributed by atoms with Crippen LogP contribution in [0, 0.1) is 0 Å². The van der Waals surface area contributed by atoms with Crippen LogP contribution in [0.1, 0.15) is 11.1 Å². The van der Waals surface area contributed by atoms with E-state index < -0.39 is 5.60 Å². The Hall–Kier alpha value is -1.93. The highest BCUT2D eigenvalue weighted by Crippen LogP contribution is 2.50. The maximum absolute atomic E-state index is 11.0. The number of hydrogen-bond acceptors (Lipinski definition) is 2. The molecule has 2 aromatic rings. The lowest BCUT2D eigenvalue weighted by molar-refractivity contribution is -0.108. The molecule has 1 heterocycles. The Labute approximate surface area is 99.9 Å². The van der Waals surface area contributed by atoms with Gasteiger partial charge in [-0.2, -0.15) is 0 Å². The van der Waals surface area contributed by atoms with E-state index in [0.717, 1.165) is 17.4 Å². The number of aldehydes is 1. The van der Waals surface area contributed by atoms with Crippen molar-refractivity contribution >= 4 is 6.29 Å². The molecular formula is C15H12O2. The van der Waals surface area contributed by atoms with Gasteiger partial charge in [-0.1, -0.05) is 60.7 Å². The van der Waals surface area contributed by atoms with E-state index in [1.807, 2.05) is 60.7 Å². The molecule has 0 aromatic heterocycles. The van der Waals surface area contributed by atoms with E-state index in [0.29, 0.717) is 0 Å². The number of epoxide rings is 1. The third kappa shape index (κ3) is 1.49. The van der Waals surface area contributed by atoms with Gasteiger partial charge in [0.2, 0.25) is 0 Å². The van der Waals surface area contributed by atoms with E-state index in [1.54, 1.807) is 0 Å². The lowest BCUT2D eigenvalue weighted by atomic mass is 9.88. The Morgan fingerprint density at radius 3 is 1.71 bits per heavy atom. The van der Waals surface area contributed by atoms with E-state index in [2.05, 4.69) is 0 Å². The van der Waals surface area contributed by atoms with Crippen molar-refractivity contribution in [2.45, 2.75) is 11.7 Å². The van der Waals surface area contributed by atoms with Crippen molar-refractivity contribution in [2.75, 3.05) is 0 Å². The zero-order valence-corrected chi connectivity index (χ0v) is 9.24. The highest BCUT2D eigenvalue weighted by Gasteiger charge is 2.59. The zero-order chi connectivity index (χ0) is 11.7. The van der Waals surface area contributed by atoms with Crippen LogP contribution in [-0.2, 0) is 15.1 Å². The third-order valence-electron chi connectivity index (χ3n) is 3.19. The Balaban J connectivity index is 2.11. The number of ether oxygens (including phenoxy) is 1. The Bertz CT molecular complexity index is 480. The molecule has 0 amide bonds. The largest absolute Gasteiger partial charge is 0.348 e. The molecule has 0 bridgehead atoms. The van der Waals surface area contributed by atoms with Crippen molar-refractivity contribution in [1.29, 1.82) is 0 Å². The highest BCUT2D eigenvalue weighted by atomic mass is 16.6. The van der Waals surface area contributed by atoms with Gasteiger partial charge in [0, 0.05) is 0 Å². The molecule has 0 aliphatic carbocycles. The summed E-state index contributed by atoms with van der Waals surface area (Å²) < 4.78 is 5.66. The second-order valence-corrected chi connectivity index (χ2v) is 4.14. The summed E-state index contributed by atoms with van der Waals surface area (Å²) in [6.07, 6.45) is 0.507. The van der Waals surface area contributed by atoms with E-state index in [9.17, 15) is 4.79 Å². The minimum Gasteiger partial charge on any atom is -0.348 e. The number of benzene rings is 2. The van der Waals surface area contributed by atoms with Gasteiger partial charge in [-0.25, -0.2) is 0 Å². The van der Waals surface area contributed by atoms with Crippen LogP contribution in [0.4, 0.5) is 0 Å². The molecule has 0 saturated carbocycles. The molecule has 1 aliphatic rings. The van der Waals surface area contributed by atoms with Crippen LogP contribution < -0.4 is 0 Å². The summed E-state index contributed by atoms with van der Waals surface area (Å²) >= 11 is 0. The molecular weight excluding hydrogens is 212 g/mol. The van der Waals surface area contributed by atoms with Crippen molar-refractivity contribution in [1.82, 2.24) is 0 Å². The van der Waals surface area contributed by atoms with Gasteiger partial charge in [0.05, 0.1) is 0 Å². The smallest absolute Gasteiger partial charge is 0.152 e. The molecule has 0 unspecified atom stereocenters. The second kappa shape index (κ2) is 3.82. The minimum atomic E-state index is -0.565. The topological polar surface area (TPSA) is 29.6 Å². The first kappa shape index (κ1) is 10.2. The second-order valence-electron chi connectivity index (χ2n) is 4.14. The van der Waals surface area contributed by atoms with Crippen LogP contribution in [0.5, 0.6) is 0 Å². The Morgan fingerprint density at radius 2 is 1.35 bits per heavy atom. The normalized spacial score (nSPS) is 20.8. The predicted octanol–water partition coefficient (Wildman–Crippen LogP) is 2.53. The monoisotopic (exact) mass is 224 g/mol. The molecule has 0 N–H and O–H groups in total. The summed E-state index contributed by atoms with van der Waals surface area (Å²) in [7, 11) is 0. The minimum absolute atomic E-state index is 0.368. The fraction of sp³-hybridized carbons (Fsp3) is 0.133. The van der Waals surface area contributed by atoms with E-state index in [4.69, 9.17) is 4.74 Å². The summed E-state index contributed by atoms with van der Waals surface area (Å²) in [5.74, 6) is 0. The van der Waals surface area contributed by atoms with E-state index in [1.165, 1.54) is 0 Å². The molecule has 17 heavy (non-hydrogen) atoms. The number of carbonyl (C=O) groups excluding carboxylic acids is 1. The first-order valence-electron chi connectivity index (χ1n) is 5.62. The van der Waals surface area contributed by atoms with Gasteiger partial charge in [-0.05, 0) is 11.1 Å². The van der Waals surface area contributed by atoms with Gasteiger partial charge in [0.1, 0.15) is 0 Å². The van der Waals surface area contributed by atoms with Gasteiger partial charge >= 0.3 is 0 Å². The lowest BCUT2D eigenvalue weighted by Crippen LogP contribution is -2.15. The number of hydrogen-bond donors (Lipinski definition) is 0. The molecule has 1 aliphatic heterocycles. The first-order chi connectivity index (χ1) is 8.38. The number of rotatable bonds is 3. The molecule has 2 aromatic carbocycles.